The molecule has 2 saturated carbocycles. The van der Waals surface area contributed by atoms with Crippen LogP contribution >= 0.6 is 0 Å². The predicted molar refractivity (Wildman–Crippen MR) is 120 cm³/mol. The first kappa shape index (κ1) is 20.7. The van der Waals surface area contributed by atoms with Gasteiger partial charge in [-0.25, -0.2) is 4.79 Å². The number of fused-ring (bicyclic) bond motifs is 2. The van der Waals surface area contributed by atoms with Gasteiger partial charge in [0.15, 0.2) is 0 Å². The molecule has 5 rings (SSSR count). The number of hydrogen-bond acceptors (Lipinski definition) is 4. The Bertz CT molecular complexity index is 849. The molecule has 2 atom stereocenters. The molecule has 0 N–H and O–H groups in total. The molecule has 2 aromatic rings. The minimum absolute atomic E-state index is 0.263. The van der Waals surface area contributed by atoms with Gasteiger partial charge in [-0.1, -0.05) is 73.5 Å². The van der Waals surface area contributed by atoms with Gasteiger partial charge in [0.2, 0.25) is 0 Å². The lowest BCUT2D eigenvalue weighted by Gasteiger charge is -2.46. The zero-order valence-corrected chi connectivity index (χ0v) is 18.2. The maximum atomic E-state index is 12.5. The number of rotatable bonds is 7. The van der Waals surface area contributed by atoms with E-state index < -0.39 is 0 Å². The summed E-state index contributed by atoms with van der Waals surface area (Å²) in [5, 5.41) is 0. The third-order valence-electron chi connectivity index (χ3n) is 7.71. The summed E-state index contributed by atoms with van der Waals surface area (Å²) in [4.78, 5) is 26.7. The Hall–Kier alpha value is -2.17. The first-order valence-electron chi connectivity index (χ1n) is 11.9. The third-order valence-corrected chi connectivity index (χ3v) is 7.71. The van der Waals surface area contributed by atoms with E-state index in [2.05, 4.69) is 35.2 Å². The molecule has 1 aliphatic heterocycles. The van der Waals surface area contributed by atoms with Gasteiger partial charge in [0.25, 0.3) is 0 Å². The molecule has 0 radical (unpaired) electrons. The fraction of sp³-hybridized carbons (Fsp3) is 0.519. The lowest BCUT2D eigenvalue weighted by molar-refractivity contribution is -0.351. The predicted octanol–water partition coefficient (Wildman–Crippen LogP) is 5.17. The van der Waals surface area contributed by atoms with Crippen molar-refractivity contribution in [3.63, 3.8) is 0 Å². The molecular weight excluding hydrogens is 386 g/mol. The maximum absolute atomic E-state index is 12.5. The molecule has 3 fully saturated rings. The Morgan fingerprint density at radius 3 is 2.06 bits per heavy atom. The second-order valence-electron chi connectivity index (χ2n) is 9.78. The van der Waals surface area contributed by atoms with Crippen LogP contribution in [-0.4, -0.2) is 29.6 Å². The van der Waals surface area contributed by atoms with Gasteiger partial charge in [-0.05, 0) is 48.6 Å². The summed E-state index contributed by atoms with van der Waals surface area (Å²) in [6.07, 6.45) is 7.16. The monoisotopic (exact) mass is 419 g/mol. The van der Waals surface area contributed by atoms with E-state index in [9.17, 15) is 4.79 Å². The molecule has 0 spiro atoms. The van der Waals surface area contributed by atoms with Crippen molar-refractivity contribution in [2.24, 2.45) is 17.8 Å². The molecular formula is C27H33NO3. The smallest absolute Gasteiger partial charge is 0.299 e. The maximum Gasteiger partial charge on any atom is 0.346 e. The standard InChI is InChI=1S/C27H33NO3/c29-25(17-21-9-3-1-4-10-21)30-31-27(15-7-8-16-27)26-23-13-14-24(26)20-28(19-23)18-22-11-5-2-6-12-22/h1-6,9-12,23-24,26H,7-8,13-20H2. The topological polar surface area (TPSA) is 38.8 Å². The quantitative estimate of drug-likeness (QED) is 0.458. The summed E-state index contributed by atoms with van der Waals surface area (Å²) >= 11 is 0. The van der Waals surface area contributed by atoms with Gasteiger partial charge < -0.3 is 0 Å². The zero-order valence-electron chi connectivity index (χ0n) is 18.2. The lowest BCUT2D eigenvalue weighted by Crippen LogP contribution is -2.52. The zero-order chi connectivity index (χ0) is 21.1. The molecule has 0 amide bonds. The minimum atomic E-state index is -0.286. The second kappa shape index (κ2) is 9.13. The van der Waals surface area contributed by atoms with Crippen LogP contribution in [0.4, 0.5) is 0 Å². The normalized spacial score (nSPS) is 27.3. The highest BCUT2D eigenvalue weighted by atomic mass is 17.2. The van der Waals surface area contributed by atoms with Crippen molar-refractivity contribution in [1.29, 1.82) is 0 Å². The number of nitrogens with zero attached hydrogens (tertiary/aromatic N) is 1. The summed E-state index contributed by atoms with van der Waals surface area (Å²) in [6.45, 7) is 3.28. The molecule has 2 aromatic carbocycles. The molecule has 4 heteroatoms. The Kier molecular flexibility index (Phi) is 6.10. The average molecular weight is 420 g/mol. The highest BCUT2D eigenvalue weighted by Gasteiger charge is 2.55. The Balaban J connectivity index is 1.23. The molecule has 0 aromatic heterocycles. The molecule has 31 heavy (non-hydrogen) atoms. The number of hydrogen-bond donors (Lipinski definition) is 0. The molecule has 2 aliphatic carbocycles. The molecule has 2 unspecified atom stereocenters. The van der Waals surface area contributed by atoms with Gasteiger partial charge in [0, 0.05) is 25.6 Å². The van der Waals surface area contributed by atoms with Gasteiger partial charge >= 0.3 is 5.97 Å². The van der Waals surface area contributed by atoms with Gasteiger partial charge in [-0.15, -0.1) is 0 Å². The first-order chi connectivity index (χ1) is 15.2. The number of carbonyl (C=O) groups is 1. The van der Waals surface area contributed by atoms with Crippen LogP contribution < -0.4 is 0 Å². The minimum Gasteiger partial charge on any atom is -0.299 e. The van der Waals surface area contributed by atoms with Gasteiger partial charge in [-0.3, -0.25) is 9.79 Å². The van der Waals surface area contributed by atoms with Crippen molar-refractivity contribution in [3.05, 3.63) is 71.8 Å². The summed E-state index contributed by atoms with van der Waals surface area (Å²) in [5.41, 5.74) is 2.07. The van der Waals surface area contributed by atoms with Crippen LogP contribution in [0.1, 0.15) is 49.7 Å². The van der Waals surface area contributed by atoms with E-state index in [1.165, 1.54) is 31.2 Å². The van der Waals surface area contributed by atoms with Crippen LogP contribution in [-0.2, 0) is 27.5 Å². The van der Waals surface area contributed by atoms with Crippen molar-refractivity contribution < 1.29 is 14.6 Å². The number of carbonyl (C=O) groups excluding carboxylic acids is 1. The average Bonchev–Trinajstić information content (AvgIpc) is 3.37. The summed E-state index contributed by atoms with van der Waals surface area (Å²) in [7, 11) is 0. The fourth-order valence-corrected chi connectivity index (χ4v) is 6.52. The molecule has 3 aliphatic rings. The lowest BCUT2D eigenvalue weighted by atomic mass is 9.72. The molecule has 1 heterocycles. The number of benzene rings is 2. The van der Waals surface area contributed by atoms with Crippen LogP contribution in [0.2, 0.25) is 0 Å². The highest BCUT2D eigenvalue weighted by Crippen LogP contribution is 2.54. The summed E-state index contributed by atoms with van der Waals surface area (Å²) in [5.74, 6) is 1.49. The summed E-state index contributed by atoms with van der Waals surface area (Å²) < 4.78 is 0. The van der Waals surface area contributed by atoms with E-state index in [4.69, 9.17) is 9.78 Å². The highest BCUT2D eigenvalue weighted by molar-refractivity contribution is 5.71. The van der Waals surface area contributed by atoms with E-state index in [0.717, 1.165) is 38.0 Å². The SMILES string of the molecule is O=C(Cc1ccccc1)OOC1(C2C3CCC2CN(Cc2ccccc2)C3)CCCC1. The van der Waals surface area contributed by atoms with Crippen molar-refractivity contribution in [1.82, 2.24) is 4.90 Å². The molecule has 4 nitrogen and oxygen atoms in total. The van der Waals surface area contributed by atoms with Crippen molar-refractivity contribution >= 4 is 5.97 Å². The van der Waals surface area contributed by atoms with Gasteiger partial charge in [0.05, 0.1) is 6.42 Å². The van der Waals surface area contributed by atoms with E-state index in [1.807, 2.05) is 30.3 Å². The van der Waals surface area contributed by atoms with Crippen molar-refractivity contribution in [2.45, 2.75) is 57.1 Å². The van der Waals surface area contributed by atoms with Gasteiger partial charge in [-0.2, -0.15) is 4.89 Å². The first-order valence-corrected chi connectivity index (χ1v) is 11.9. The number of piperidine rings is 1. The molecule has 2 bridgehead atoms. The second-order valence-corrected chi connectivity index (χ2v) is 9.78. The largest absolute Gasteiger partial charge is 0.346 e. The fourth-order valence-electron chi connectivity index (χ4n) is 6.52. The Morgan fingerprint density at radius 1 is 0.871 bits per heavy atom. The van der Waals surface area contributed by atoms with E-state index >= 15 is 0 Å². The number of likely N-dealkylation sites (tertiary alicyclic amines) is 1. The third kappa shape index (κ3) is 4.56. The van der Waals surface area contributed by atoms with Crippen molar-refractivity contribution in [3.8, 4) is 0 Å². The van der Waals surface area contributed by atoms with Crippen LogP contribution in [0.3, 0.4) is 0 Å². The summed E-state index contributed by atoms with van der Waals surface area (Å²) in [6, 6.07) is 20.5. The van der Waals surface area contributed by atoms with E-state index in [0.29, 0.717) is 17.8 Å². The van der Waals surface area contributed by atoms with Crippen LogP contribution in [0, 0.1) is 17.8 Å². The Labute approximate surface area is 185 Å². The van der Waals surface area contributed by atoms with Crippen LogP contribution in [0.5, 0.6) is 0 Å². The molecule has 164 valence electrons. The van der Waals surface area contributed by atoms with Crippen LogP contribution in [0.15, 0.2) is 60.7 Å². The Morgan fingerprint density at radius 2 is 1.45 bits per heavy atom. The molecule has 1 saturated heterocycles. The van der Waals surface area contributed by atoms with Crippen molar-refractivity contribution in [2.75, 3.05) is 13.1 Å². The van der Waals surface area contributed by atoms with Gasteiger partial charge in [0.1, 0.15) is 5.60 Å². The van der Waals surface area contributed by atoms with E-state index in [-0.39, 0.29) is 18.0 Å². The van der Waals surface area contributed by atoms with Crippen LogP contribution in [0.25, 0.3) is 0 Å². The van der Waals surface area contributed by atoms with E-state index in [1.54, 1.807) is 0 Å².